The van der Waals surface area contributed by atoms with Gasteiger partial charge < -0.3 is 10.0 Å². The molecular formula is C14H18ClNO2. The number of aliphatic hydroxyl groups is 1. The van der Waals surface area contributed by atoms with E-state index in [0.717, 1.165) is 5.56 Å². The van der Waals surface area contributed by atoms with Gasteiger partial charge in [-0.15, -0.1) is 0 Å². The minimum absolute atomic E-state index is 0.0291. The Morgan fingerprint density at radius 1 is 1.39 bits per heavy atom. The molecule has 0 fully saturated rings. The molecule has 18 heavy (non-hydrogen) atoms. The fourth-order valence-electron chi connectivity index (χ4n) is 1.57. The average molecular weight is 268 g/mol. The van der Waals surface area contributed by atoms with Crippen LogP contribution in [0.25, 0.3) is 6.08 Å². The van der Waals surface area contributed by atoms with Crippen LogP contribution in [-0.2, 0) is 4.79 Å². The van der Waals surface area contributed by atoms with Gasteiger partial charge in [0, 0.05) is 23.7 Å². The van der Waals surface area contributed by atoms with Gasteiger partial charge in [0.1, 0.15) is 0 Å². The van der Waals surface area contributed by atoms with Gasteiger partial charge in [-0.1, -0.05) is 23.7 Å². The molecule has 0 spiro atoms. The van der Waals surface area contributed by atoms with Crippen molar-refractivity contribution >= 4 is 23.6 Å². The number of rotatable bonds is 5. The molecule has 0 saturated heterocycles. The molecule has 0 radical (unpaired) electrons. The highest BCUT2D eigenvalue weighted by atomic mass is 35.5. The molecular weight excluding hydrogens is 250 g/mol. The van der Waals surface area contributed by atoms with Gasteiger partial charge in [-0.25, -0.2) is 0 Å². The summed E-state index contributed by atoms with van der Waals surface area (Å²) >= 11 is 5.78. The van der Waals surface area contributed by atoms with Gasteiger partial charge in [-0.2, -0.15) is 0 Å². The number of carbonyl (C=O) groups is 1. The second-order valence-electron chi connectivity index (χ2n) is 4.23. The fourth-order valence-corrected chi connectivity index (χ4v) is 1.69. The molecule has 3 nitrogen and oxygen atoms in total. The average Bonchev–Trinajstić information content (AvgIpc) is 2.34. The van der Waals surface area contributed by atoms with Gasteiger partial charge >= 0.3 is 0 Å². The molecule has 0 atom stereocenters. The lowest BCUT2D eigenvalue weighted by atomic mass is 10.2. The monoisotopic (exact) mass is 267 g/mol. The van der Waals surface area contributed by atoms with Gasteiger partial charge in [0.05, 0.1) is 6.61 Å². The normalized spacial score (nSPS) is 11.2. The third-order valence-corrected chi connectivity index (χ3v) is 2.79. The largest absolute Gasteiger partial charge is 0.395 e. The second-order valence-corrected chi connectivity index (χ2v) is 4.67. The summed E-state index contributed by atoms with van der Waals surface area (Å²) in [6.07, 6.45) is 3.25. The molecule has 0 bridgehead atoms. The lowest BCUT2D eigenvalue weighted by molar-refractivity contribution is -0.128. The quantitative estimate of drug-likeness (QED) is 0.833. The van der Waals surface area contributed by atoms with Crippen LogP contribution in [0.5, 0.6) is 0 Å². The lowest BCUT2D eigenvalue weighted by Crippen LogP contribution is -2.37. The third-order valence-electron chi connectivity index (χ3n) is 2.54. The number of carbonyl (C=O) groups excluding carboxylic acids is 1. The first kappa shape index (κ1) is 14.7. The van der Waals surface area contributed by atoms with E-state index in [1.807, 2.05) is 26.0 Å². The minimum atomic E-state index is -0.103. The van der Waals surface area contributed by atoms with Crippen LogP contribution in [0.1, 0.15) is 19.4 Å². The highest BCUT2D eigenvalue weighted by Gasteiger charge is 2.12. The summed E-state index contributed by atoms with van der Waals surface area (Å²) in [5.74, 6) is -0.103. The Labute approximate surface area is 113 Å². The van der Waals surface area contributed by atoms with Crippen LogP contribution in [0.4, 0.5) is 0 Å². The van der Waals surface area contributed by atoms with Crippen LogP contribution < -0.4 is 0 Å². The van der Waals surface area contributed by atoms with E-state index < -0.39 is 0 Å². The van der Waals surface area contributed by atoms with E-state index in [2.05, 4.69) is 0 Å². The molecule has 0 heterocycles. The van der Waals surface area contributed by atoms with Crippen LogP contribution in [0.15, 0.2) is 30.3 Å². The van der Waals surface area contributed by atoms with Crippen molar-refractivity contribution in [2.24, 2.45) is 0 Å². The first-order valence-corrected chi connectivity index (χ1v) is 6.27. The van der Waals surface area contributed by atoms with Crippen molar-refractivity contribution in [1.82, 2.24) is 4.90 Å². The zero-order valence-corrected chi connectivity index (χ0v) is 11.4. The number of aliphatic hydroxyl groups excluding tert-OH is 1. The number of nitrogens with zero attached hydrogens (tertiary/aromatic N) is 1. The van der Waals surface area contributed by atoms with Crippen molar-refractivity contribution < 1.29 is 9.90 Å². The van der Waals surface area contributed by atoms with Crippen molar-refractivity contribution in [3.8, 4) is 0 Å². The highest BCUT2D eigenvalue weighted by Crippen LogP contribution is 2.11. The van der Waals surface area contributed by atoms with Crippen LogP contribution in [0, 0.1) is 0 Å². The van der Waals surface area contributed by atoms with Crippen LogP contribution >= 0.6 is 11.6 Å². The molecule has 1 N–H and O–H groups in total. The first-order valence-electron chi connectivity index (χ1n) is 5.89. The smallest absolute Gasteiger partial charge is 0.246 e. The number of hydrogen-bond donors (Lipinski definition) is 1. The van der Waals surface area contributed by atoms with Gasteiger partial charge in [0.15, 0.2) is 0 Å². The van der Waals surface area contributed by atoms with Crippen molar-refractivity contribution in [3.05, 3.63) is 40.9 Å². The fraction of sp³-hybridized carbons (Fsp3) is 0.357. The predicted octanol–water partition coefficient (Wildman–Crippen LogP) is 2.58. The minimum Gasteiger partial charge on any atom is -0.395 e. The van der Waals surface area contributed by atoms with Crippen LogP contribution in [0.3, 0.4) is 0 Å². The summed E-state index contributed by atoms with van der Waals surface area (Å²) in [5, 5.41) is 9.59. The molecule has 1 aromatic carbocycles. The summed E-state index contributed by atoms with van der Waals surface area (Å²) in [7, 11) is 0. The van der Waals surface area contributed by atoms with E-state index in [0.29, 0.717) is 11.6 Å². The molecule has 1 rings (SSSR count). The molecule has 1 aromatic rings. The van der Waals surface area contributed by atoms with Crippen LogP contribution in [0.2, 0.25) is 5.02 Å². The number of hydrogen-bond acceptors (Lipinski definition) is 2. The Balaban J connectivity index is 2.70. The summed E-state index contributed by atoms with van der Waals surface area (Å²) in [5.41, 5.74) is 0.917. The Morgan fingerprint density at radius 3 is 2.50 bits per heavy atom. The van der Waals surface area contributed by atoms with E-state index in [9.17, 15) is 4.79 Å². The van der Waals surface area contributed by atoms with Gasteiger partial charge in [-0.3, -0.25) is 4.79 Å². The molecule has 1 amide bonds. The van der Waals surface area contributed by atoms with E-state index in [4.69, 9.17) is 16.7 Å². The maximum Gasteiger partial charge on any atom is 0.246 e. The summed E-state index contributed by atoms with van der Waals surface area (Å²) in [6, 6.07) is 7.31. The topological polar surface area (TPSA) is 40.5 Å². The molecule has 0 unspecified atom stereocenters. The lowest BCUT2D eigenvalue weighted by Gasteiger charge is -2.24. The maximum atomic E-state index is 11.9. The third kappa shape index (κ3) is 4.51. The van der Waals surface area contributed by atoms with Crippen molar-refractivity contribution in [3.63, 3.8) is 0 Å². The molecule has 0 aromatic heterocycles. The standard InChI is InChI=1S/C14H18ClNO2/c1-11(2)16(9-10-17)14(18)8-5-12-3-6-13(15)7-4-12/h3-8,11,17H,9-10H2,1-2H3/b8-5+. The molecule has 98 valence electrons. The number of halogens is 1. The van der Waals surface area contributed by atoms with Gasteiger partial charge in [0.25, 0.3) is 0 Å². The number of amides is 1. The molecule has 0 aliphatic rings. The molecule has 0 saturated carbocycles. The highest BCUT2D eigenvalue weighted by molar-refractivity contribution is 6.30. The Bertz CT molecular complexity index is 412. The van der Waals surface area contributed by atoms with Gasteiger partial charge in [0.2, 0.25) is 5.91 Å². The summed E-state index contributed by atoms with van der Waals surface area (Å²) in [4.78, 5) is 13.5. The summed E-state index contributed by atoms with van der Waals surface area (Å²) < 4.78 is 0. The zero-order valence-electron chi connectivity index (χ0n) is 10.6. The molecule has 4 heteroatoms. The molecule has 0 aliphatic heterocycles. The van der Waals surface area contributed by atoms with E-state index >= 15 is 0 Å². The zero-order chi connectivity index (χ0) is 13.5. The number of benzene rings is 1. The van der Waals surface area contributed by atoms with Crippen molar-refractivity contribution in [2.45, 2.75) is 19.9 Å². The predicted molar refractivity (Wildman–Crippen MR) is 74.4 cm³/mol. The Hall–Kier alpha value is -1.32. The second kappa shape index (κ2) is 7.19. The Kier molecular flexibility index (Phi) is 5.89. The van der Waals surface area contributed by atoms with Crippen molar-refractivity contribution in [1.29, 1.82) is 0 Å². The van der Waals surface area contributed by atoms with E-state index in [1.165, 1.54) is 6.08 Å². The van der Waals surface area contributed by atoms with Gasteiger partial charge in [-0.05, 0) is 37.6 Å². The Morgan fingerprint density at radius 2 is 2.00 bits per heavy atom. The van der Waals surface area contributed by atoms with Crippen molar-refractivity contribution in [2.75, 3.05) is 13.2 Å². The maximum absolute atomic E-state index is 11.9. The SMILES string of the molecule is CC(C)N(CCO)C(=O)/C=C/c1ccc(Cl)cc1. The first-order chi connectivity index (χ1) is 8.54. The van der Waals surface area contributed by atoms with Crippen LogP contribution in [-0.4, -0.2) is 35.1 Å². The van der Waals surface area contributed by atoms with E-state index in [-0.39, 0.29) is 18.6 Å². The summed E-state index contributed by atoms with van der Waals surface area (Å²) in [6.45, 7) is 4.16. The molecule has 0 aliphatic carbocycles. The van der Waals surface area contributed by atoms with E-state index in [1.54, 1.807) is 23.1 Å².